The highest BCUT2D eigenvalue weighted by atomic mass is 16.7. The molecule has 1 aliphatic heterocycles. The van der Waals surface area contributed by atoms with Crippen LogP contribution in [0.2, 0.25) is 0 Å². The summed E-state index contributed by atoms with van der Waals surface area (Å²) in [7, 11) is 1.80. The van der Waals surface area contributed by atoms with Gasteiger partial charge in [0.25, 0.3) is 0 Å². The van der Waals surface area contributed by atoms with Crippen molar-refractivity contribution >= 4 is 17.9 Å². The summed E-state index contributed by atoms with van der Waals surface area (Å²) in [5.74, 6) is 0.0555. The fourth-order valence-corrected chi connectivity index (χ4v) is 2.81. The lowest BCUT2D eigenvalue weighted by Gasteiger charge is -2.31. The number of benzene rings is 1. The number of hydrogen-bond acceptors (Lipinski definition) is 9. The van der Waals surface area contributed by atoms with Crippen molar-refractivity contribution < 1.29 is 34.0 Å². The maximum atomic E-state index is 11.7. The fraction of sp³-hybridized carbons (Fsp3) is 0.652. The number of nitrogens with one attached hydrogen (secondary N) is 2. The average molecular weight is 455 g/mol. The molecule has 0 amide bonds. The third kappa shape index (κ3) is 10.4. The summed E-state index contributed by atoms with van der Waals surface area (Å²) in [6, 6.07) is 5.66. The van der Waals surface area contributed by atoms with E-state index in [2.05, 4.69) is 10.6 Å². The maximum absolute atomic E-state index is 11.7. The molecule has 0 spiro atoms. The highest BCUT2D eigenvalue weighted by molar-refractivity contribution is 5.71. The summed E-state index contributed by atoms with van der Waals surface area (Å²) in [5, 5.41) is 24.0. The molecule has 0 saturated carbocycles. The van der Waals surface area contributed by atoms with Gasteiger partial charge in [-0.25, -0.2) is 0 Å². The number of rotatable bonds is 10. The van der Waals surface area contributed by atoms with Crippen LogP contribution in [0, 0.1) is 5.92 Å². The van der Waals surface area contributed by atoms with Gasteiger partial charge in [-0.05, 0) is 38.6 Å². The predicted molar refractivity (Wildman–Crippen MR) is 121 cm³/mol. The lowest BCUT2D eigenvalue weighted by Crippen LogP contribution is -2.39. The van der Waals surface area contributed by atoms with Crippen LogP contribution in [0.1, 0.15) is 46.1 Å². The van der Waals surface area contributed by atoms with Gasteiger partial charge < -0.3 is 39.9 Å². The molecule has 32 heavy (non-hydrogen) atoms. The second-order valence-corrected chi connectivity index (χ2v) is 8.20. The van der Waals surface area contributed by atoms with E-state index in [4.69, 9.17) is 19.3 Å². The molecule has 9 nitrogen and oxygen atoms in total. The van der Waals surface area contributed by atoms with E-state index in [1.54, 1.807) is 27.0 Å². The van der Waals surface area contributed by atoms with Crippen LogP contribution in [0.25, 0.3) is 0 Å². The minimum atomic E-state index is -0.731. The van der Waals surface area contributed by atoms with Gasteiger partial charge in [0.2, 0.25) is 6.29 Å². The molecule has 182 valence electrons. The van der Waals surface area contributed by atoms with Crippen molar-refractivity contribution in [2.75, 3.05) is 25.5 Å². The Morgan fingerprint density at radius 3 is 2.53 bits per heavy atom. The molecule has 9 heteroatoms. The first-order valence-corrected chi connectivity index (χ1v) is 11.0. The quantitative estimate of drug-likeness (QED) is 0.309. The van der Waals surface area contributed by atoms with Crippen LogP contribution in [0.4, 0.5) is 5.69 Å². The van der Waals surface area contributed by atoms with E-state index in [1.807, 2.05) is 26.0 Å². The van der Waals surface area contributed by atoms with E-state index in [9.17, 15) is 14.7 Å². The van der Waals surface area contributed by atoms with Gasteiger partial charge in [0.15, 0.2) is 0 Å². The van der Waals surface area contributed by atoms with Crippen molar-refractivity contribution in [3.8, 4) is 5.75 Å². The van der Waals surface area contributed by atoms with Gasteiger partial charge in [0.05, 0.1) is 24.3 Å². The largest absolute Gasteiger partial charge is 0.463 e. The summed E-state index contributed by atoms with van der Waals surface area (Å²) >= 11 is 0. The highest BCUT2D eigenvalue weighted by Gasteiger charge is 2.30. The lowest BCUT2D eigenvalue weighted by molar-refractivity contribution is -0.175. The molecule has 1 aromatic rings. The summed E-state index contributed by atoms with van der Waals surface area (Å²) in [6.45, 7) is 8.64. The molecular formula is C23H38N2O7. The van der Waals surface area contributed by atoms with Gasteiger partial charge in [-0.3, -0.25) is 4.79 Å². The number of carbonyl (C=O) groups is 2. The Morgan fingerprint density at radius 2 is 2.00 bits per heavy atom. The Balaban J connectivity index is 0.000000920. The second-order valence-electron chi connectivity index (χ2n) is 8.20. The topological polar surface area (TPSA) is 126 Å². The van der Waals surface area contributed by atoms with E-state index in [-0.39, 0.29) is 44.0 Å². The number of likely N-dealkylation sites (N-methyl/N-ethyl adjacent to an activating group) is 1. The van der Waals surface area contributed by atoms with Crippen molar-refractivity contribution in [1.82, 2.24) is 5.32 Å². The second kappa shape index (κ2) is 14.8. The fourth-order valence-electron chi connectivity index (χ4n) is 2.81. The Kier molecular flexibility index (Phi) is 12.9. The van der Waals surface area contributed by atoms with Gasteiger partial charge in [0.1, 0.15) is 24.7 Å². The van der Waals surface area contributed by atoms with E-state index in [1.165, 1.54) is 0 Å². The number of aliphatic hydroxyl groups excluding tert-OH is 2. The molecule has 1 aliphatic rings. The molecule has 1 fully saturated rings. The molecular weight excluding hydrogens is 416 g/mol. The lowest BCUT2D eigenvalue weighted by atomic mass is 10.1. The highest BCUT2D eigenvalue weighted by Crippen LogP contribution is 2.31. The van der Waals surface area contributed by atoms with Crippen molar-refractivity contribution in [3.05, 3.63) is 23.8 Å². The molecule has 1 saturated heterocycles. The number of aldehydes is 1. The van der Waals surface area contributed by atoms with Crippen molar-refractivity contribution in [2.45, 2.75) is 71.7 Å². The van der Waals surface area contributed by atoms with Crippen molar-refractivity contribution in [1.29, 1.82) is 0 Å². The third-order valence-electron chi connectivity index (χ3n) is 4.41. The zero-order valence-corrected chi connectivity index (χ0v) is 19.7. The molecule has 3 atom stereocenters. The summed E-state index contributed by atoms with van der Waals surface area (Å²) < 4.78 is 16.8. The minimum absolute atomic E-state index is 0.139. The first-order valence-electron chi connectivity index (χ1n) is 11.0. The van der Waals surface area contributed by atoms with Crippen LogP contribution >= 0.6 is 0 Å². The first kappa shape index (κ1) is 27.8. The van der Waals surface area contributed by atoms with Crippen LogP contribution in [0.3, 0.4) is 0 Å². The van der Waals surface area contributed by atoms with Crippen LogP contribution in [-0.2, 0) is 25.7 Å². The zero-order chi connectivity index (χ0) is 24.1. The van der Waals surface area contributed by atoms with Crippen LogP contribution in [0.5, 0.6) is 5.75 Å². The molecule has 4 N–H and O–H groups in total. The molecule has 0 aromatic heterocycles. The third-order valence-corrected chi connectivity index (χ3v) is 4.41. The number of anilines is 1. The van der Waals surface area contributed by atoms with Crippen molar-refractivity contribution in [2.24, 2.45) is 5.92 Å². The molecule has 1 aromatic carbocycles. The Labute approximate surface area is 190 Å². The molecule has 1 heterocycles. The Hall–Kier alpha value is -2.20. The summed E-state index contributed by atoms with van der Waals surface area (Å²) in [4.78, 5) is 22.7. The Bertz CT molecular complexity index is 695. The molecule has 0 aliphatic carbocycles. The van der Waals surface area contributed by atoms with Crippen molar-refractivity contribution in [3.63, 3.8) is 0 Å². The number of hydrogen-bond donors (Lipinski definition) is 4. The number of aliphatic hydroxyl groups is 2. The monoisotopic (exact) mass is 454 g/mol. The van der Waals surface area contributed by atoms with E-state index < -0.39 is 18.5 Å². The molecule has 0 bridgehead atoms. The van der Waals surface area contributed by atoms with Gasteiger partial charge in [-0.2, -0.15) is 0 Å². The van der Waals surface area contributed by atoms with Crippen LogP contribution in [-0.4, -0.2) is 67.2 Å². The average Bonchev–Trinajstić information content (AvgIpc) is 2.73. The van der Waals surface area contributed by atoms with E-state index in [0.29, 0.717) is 18.6 Å². The Morgan fingerprint density at radius 1 is 1.28 bits per heavy atom. The minimum Gasteiger partial charge on any atom is -0.463 e. The standard InChI is InChI=1S/C20H29NO6.C3H9NO/c1-12(2)20(24)25-11-14-5-6-17(21-13(3)4)18(7-14)27-19-9-15(23)8-16(10-22)26-19;1-4-2-3-5/h5-7,10,12-13,15-16,19,21,23H,8-9,11H2,1-4H3;4-5H,2-3H2,1H3. The van der Waals surface area contributed by atoms with Crippen LogP contribution in [0.15, 0.2) is 18.2 Å². The molecule has 0 radical (unpaired) electrons. The molecule has 2 rings (SSSR count). The SMILES string of the molecule is CC(C)Nc1ccc(COC(=O)C(C)C)cc1OC1CC(O)CC(C=O)O1.CNCCO. The first-order chi connectivity index (χ1) is 15.2. The summed E-state index contributed by atoms with van der Waals surface area (Å²) in [6.07, 6.45) is -0.853. The zero-order valence-electron chi connectivity index (χ0n) is 19.7. The van der Waals surface area contributed by atoms with E-state index in [0.717, 1.165) is 11.3 Å². The van der Waals surface area contributed by atoms with Gasteiger partial charge in [0, 0.05) is 25.4 Å². The number of ether oxygens (including phenoxy) is 3. The predicted octanol–water partition coefficient (Wildman–Crippen LogP) is 1.85. The number of carbonyl (C=O) groups excluding carboxylic acids is 2. The summed E-state index contributed by atoms with van der Waals surface area (Å²) in [5.41, 5.74) is 1.53. The normalized spacial score (nSPS) is 20.3. The van der Waals surface area contributed by atoms with Gasteiger partial charge >= 0.3 is 5.97 Å². The maximum Gasteiger partial charge on any atom is 0.308 e. The smallest absolute Gasteiger partial charge is 0.308 e. The van der Waals surface area contributed by atoms with Gasteiger partial charge in [-0.1, -0.05) is 19.9 Å². The van der Waals surface area contributed by atoms with Gasteiger partial charge in [-0.15, -0.1) is 0 Å². The molecule has 3 unspecified atom stereocenters. The van der Waals surface area contributed by atoms with E-state index >= 15 is 0 Å². The number of esters is 1. The van der Waals surface area contributed by atoms with Crippen LogP contribution < -0.4 is 15.4 Å².